The third-order valence-corrected chi connectivity index (χ3v) is 3.29. The molecule has 23 heavy (non-hydrogen) atoms. The predicted octanol–water partition coefficient (Wildman–Crippen LogP) is 2.37. The molecule has 0 aliphatic heterocycles. The van der Waals surface area contributed by atoms with Gasteiger partial charge in [-0.1, -0.05) is 6.07 Å². The van der Waals surface area contributed by atoms with Crippen LogP contribution in [0.1, 0.15) is 6.42 Å². The summed E-state index contributed by atoms with van der Waals surface area (Å²) in [4.78, 5) is 26.2. The Morgan fingerprint density at radius 1 is 1.35 bits per heavy atom. The first-order valence-corrected chi connectivity index (χ1v) is 6.93. The number of amides is 1. The van der Waals surface area contributed by atoms with Gasteiger partial charge in [-0.3, -0.25) is 24.6 Å². The van der Waals surface area contributed by atoms with Crippen LogP contribution in [0.4, 0.5) is 11.4 Å². The van der Waals surface area contributed by atoms with Crippen molar-refractivity contribution in [1.82, 2.24) is 14.8 Å². The van der Waals surface area contributed by atoms with E-state index in [1.54, 1.807) is 12.3 Å². The number of pyridine rings is 1. The monoisotopic (exact) mass is 311 g/mol. The van der Waals surface area contributed by atoms with Gasteiger partial charge in [0.2, 0.25) is 5.91 Å². The van der Waals surface area contributed by atoms with Crippen molar-refractivity contribution in [1.29, 1.82) is 0 Å². The molecule has 0 saturated heterocycles. The second-order valence-corrected chi connectivity index (χ2v) is 4.93. The van der Waals surface area contributed by atoms with Crippen LogP contribution < -0.4 is 5.32 Å². The number of aromatic nitrogens is 3. The molecular formula is C15H13N5O3. The highest BCUT2D eigenvalue weighted by molar-refractivity contribution is 5.93. The molecule has 0 aliphatic rings. The number of carbonyl (C=O) groups excluding carboxylic acids is 1. The third-order valence-electron chi connectivity index (χ3n) is 3.29. The van der Waals surface area contributed by atoms with E-state index in [0.717, 1.165) is 17.1 Å². The minimum atomic E-state index is -0.521. The quantitative estimate of drug-likeness (QED) is 0.575. The fourth-order valence-electron chi connectivity index (χ4n) is 2.16. The normalized spacial score (nSPS) is 10.6. The Kier molecular flexibility index (Phi) is 3.96. The van der Waals surface area contributed by atoms with E-state index in [2.05, 4.69) is 15.4 Å². The Balaban J connectivity index is 1.60. The summed E-state index contributed by atoms with van der Waals surface area (Å²) in [6.07, 6.45) is 4.34. The second kappa shape index (κ2) is 6.22. The first-order valence-electron chi connectivity index (χ1n) is 6.93. The smallest absolute Gasteiger partial charge is 0.306 e. The number of aryl methyl sites for hydroxylation is 1. The van der Waals surface area contributed by atoms with Crippen LogP contribution in [0.15, 0.2) is 48.9 Å². The summed E-state index contributed by atoms with van der Waals surface area (Å²) in [5.74, 6) is -0.189. The molecule has 0 aliphatic carbocycles. The summed E-state index contributed by atoms with van der Waals surface area (Å²) in [7, 11) is 0. The van der Waals surface area contributed by atoms with Crippen LogP contribution in [0, 0.1) is 10.1 Å². The van der Waals surface area contributed by atoms with Crippen LogP contribution in [0.5, 0.6) is 0 Å². The minimum absolute atomic E-state index is 0.0903. The number of benzene rings is 1. The zero-order valence-corrected chi connectivity index (χ0v) is 12.0. The third kappa shape index (κ3) is 3.49. The lowest BCUT2D eigenvalue weighted by atomic mass is 10.2. The molecule has 0 atom stereocenters. The molecule has 0 bridgehead atoms. The maximum atomic E-state index is 12.0. The SMILES string of the molecule is O=C(CCn1cc([N+](=O)[O-])cn1)Nc1ccc2ncccc2c1. The average Bonchev–Trinajstić information content (AvgIpc) is 3.02. The molecule has 0 unspecified atom stereocenters. The summed E-state index contributed by atoms with van der Waals surface area (Å²) in [6.45, 7) is 0.273. The fraction of sp³-hybridized carbons (Fsp3) is 0.133. The predicted molar refractivity (Wildman–Crippen MR) is 83.9 cm³/mol. The number of hydrogen-bond donors (Lipinski definition) is 1. The standard InChI is InChI=1S/C15H13N5O3/c21-15(5-7-19-10-13(9-17-19)20(22)23)18-12-3-4-14-11(8-12)2-1-6-16-14/h1-4,6,8-10H,5,7H2,(H,18,21). The highest BCUT2D eigenvalue weighted by Crippen LogP contribution is 2.17. The van der Waals surface area contributed by atoms with E-state index in [1.807, 2.05) is 24.3 Å². The molecule has 2 heterocycles. The van der Waals surface area contributed by atoms with Crippen molar-refractivity contribution >= 4 is 28.2 Å². The van der Waals surface area contributed by atoms with Gasteiger partial charge < -0.3 is 5.32 Å². The van der Waals surface area contributed by atoms with Gasteiger partial charge >= 0.3 is 5.69 Å². The number of carbonyl (C=O) groups is 1. The van der Waals surface area contributed by atoms with E-state index in [9.17, 15) is 14.9 Å². The lowest BCUT2D eigenvalue weighted by molar-refractivity contribution is -0.385. The van der Waals surface area contributed by atoms with E-state index in [0.29, 0.717) is 5.69 Å². The van der Waals surface area contributed by atoms with Crippen LogP contribution in [0.2, 0.25) is 0 Å². The van der Waals surface area contributed by atoms with E-state index in [4.69, 9.17) is 0 Å². The van der Waals surface area contributed by atoms with Gasteiger partial charge in [0, 0.05) is 30.2 Å². The van der Waals surface area contributed by atoms with Crippen molar-refractivity contribution in [2.24, 2.45) is 0 Å². The van der Waals surface area contributed by atoms with Gasteiger partial charge in [-0.15, -0.1) is 0 Å². The van der Waals surface area contributed by atoms with Crippen LogP contribution in [0.3, 0.4) is 0 Å². The van der Waals surface area contributed by atoms with Crippen molar-refractivity contribution < 1.29 is 9.72 Å². The molecule has 2 aromatic heterocycles. The summed E-state index contributed by atoms with van der Waals surface area (Å²) >= 11 is 0. The van der Waals surface area contributed by atoms with Crippen molar-refractivity contribution in [3.8, 4) is 0 Å². The summed E-state index contributed by atoms with van der Waals surface area (Å²) in [6, 6.07) is 9.21. The Hall–Kier alpha value is -3.29. The van der Waals surface area contributed by atoms with Gasteiger partial charge in [-0.05, 0) is 24.3 Å². The van der Waals surface area contributed by atoms with E-state index in [1.165, 1.54) is 10.9 Å². The van der Waals surface area contributed by atoms with Gasteiger partial charge in [-0.2, -0.15) is 5.10 Å². The highest BCUT2D eigenvalue weighted by Gasteiger charge is 2.10. The van der Waals surface area contributed by atoms with Crippen LogP contribution >= 0.6 is 0 Å². The molecule has 0 saturated carbocycles. The van der Waals surface area contributed by atoms with E-state index >= 15 is 0 Å². The van der Waals surface area contributed by atoms with Crippen molar-refractivity contribution in [3.05, 3.63) is 59.0 Å². The molecule has 3 rings (SSSR count). The number of nitrogens with one attached hydrogen (secondary N) is 1. The fourth-order valence-corrected chi connectivity index (χ4v) is 2.16. The van der Waals surface area contributed by atoms with Gasteiger partial charge in [-0.25, -0.2) is 0 Å². The Bertz CT molecular complexity index is 874. The lowest BCUT2D eigenvalue weighted by Crippen LogP contribution is -2.14. The van der Waals surface area contributed by atoms with E-state index in [-0.39, 0.29) is 24.6 Å². The van der Waals surface area contributed by atoms with Crippen LogP contribution in [-0.4, -0.2) is 25.6 Å². The van der Waals surface area contributed by atoms with Crippen LogP contribution in [-0.2, 0) is 11.3 Å². The maximum absolute atomic E-state index is 12.0. The molecule has 0 fully saturated rings. The zero-order valence-electron chi connectivity index (χ0n) is 12.0. The topological polar surface area (TPSA) is 103 Å². The molecule has 116 valence electrons. The largest absolute Gasteiger partial charge is 0.326 e. The number of hydrogen-bond acceptors (Lipinski definition) is 5. The number of nitro groups is 1. The summed E-state index contributed by atoms with van der Waals surface area (Å²) in [5.41, 5.74) is 1.45. The molecule has 3 aromatic rings. The van der Waals surface area contributed by atoms with Gasteiger partial charge in [0.1, 0.15) is 12.4 Å². The Morgan fingerprint density at radius 2 is 2.22 bits per heavy atom. The summed E-state index contributed by atoms with van der Waals surface area (Å²) in [5, 5.41) is 18.1. The Morgan fingerprint density at radius 3 is 3.00 bits per heavy atom. The van der Waals surface area contributed by atoms with Crippen molar-refractivity contribution in [2.75, 3.05) is 5.32 Å². The molecular weight excluding hydrogens is 298 g/mol. The van der Waals surface area contributed by atoms with Crippen molar-refractivity contribution in [2.45, 2.75) is 13.0 Å². The van der Waals surface area contributed by atoms with Crippen molar-refractivity contribution in [3.63, 3.8) is 0 Å². The summed E-state index contributed by atoms with van der Waals surface area (Å²) < 4.78 is 1.38. The number of rotatable bonds is 5. The molecule has 0 spiro atoms. The first kappa shape index (κ1) is 14.6. The number of fused-ring (bicyclic) bond motifs is 1. The number of nitrogens with zero attached hydrogens (tertiary/aromatic N) is 4. The van der Waals surface area contributed by atoms with Gasteiger partial charge in [0.25, 0.3) is 0 Å². The average molecular weight is 311 g/mol. The Labute approximate surface area is 130 Å². The van der Waals surface area contributed by atoms with Gasteiger partial charge in [0.05, 0.1) is 10.4 Å². The van der Waals surface area contributed by atoms with E-state index < -0.39 is 4.92 Å². The molecule has 8 heteroatoms. The lowest BCUT2D eigenvalue weighted by Gasteiger charge is -2.06. The molecule has 1 amide bonds. The first-order chi connectivity index (χ1) is 11.1. The molecule has 1 aromatic carbocycles. The second-order valence-electron chi connectivity index (χ2n) is 4.93. The number of anilines is 1. The minimum Gasteiger partial charge on any atom is -0.326 e. The van der Waals surface area contributed by atoms with Crippen LogP contribution in [0.25, 0.3) is 10.9 Å². The van der Waals surface area contributed by atoms with Gasteiger partial charge in [0.15, 0.2) is 0 Å². The molecule has 8 nitrogen and oxygen atoms in total. The molecule has 0 radical (unpaired) electrons. The maximum Gasteiger partial charge on any atom is 0.306 e. The molecule has 1 N–H and O–H groups in total. The zero-order chi connectivity index (χ0) is 16.2. The highest BCUT2D eigenvalue weighted by atomic mass is 16.6.